The maximum Gasteiger partial charge on any atom is 0.275 e. The molecule has 0 aliphatic rings. The lowest BCUT2D eigenvalue weighted by atomic mass is 10.1. The molecule has 7 heteroatoms. The monoisotopic (exact) mass is 412 g/mol. The lowest BCUT2D eigenvalue weighted by molar-refractivity contribution is 0.0955. The molecule has 4 rings (SSSR count). The Morgan fingerprint density at radius 2 is 1.77 bits per heavy atom. The van der Waals surface area contributed by atoms with Crippen molar-refractivity contribution in [3.63, 3.8) is 0 Å². The second-order valence-electron chi connectivity index (χ2n) is 6.66. The first-order valence-corrected chi connectivity index (χ1v) is 9.56. The Morgan fingerprint density at radius 1 is 1.06 bits per heavy atom. The zero-order chi connectivity index (χ0) is 21.6. The Labute approximate surface area is 179 Å². The average molecular weight is 412 g/mol. The van der Waals surface area contributed by atoms with Gasteiger partial charge in [-0.2, -0.15) is 10.2 Å². The first kappa shape index (κ1) is 19.9. The van der Waals surface area contributed by atoms with Crippen LogP contribution in [0.2, 0.25) is 0 Å². The van der Waals surface area contributed by atoms with Gasteiger partial charge >= 0.3 is 0 Å². The second-order valence-corrected chi connectivity index (χ2v) is 6.66. The number of hydrogen-bond acceptors (Lipinski definition) is 5. The molecular formula is C24H20N4O3. The lowest BCUT2D eigenvalue weighted by Gasteiger charge is -2.03. The summed E-state index contributed by atoms with van der Waals surface area (Å²) in [4.78, 5) is 12.9. The summed E-state index contributed by atoms with van der Waals surface area (Å²) in [5.74, 6) is 0.182. The lowest BCUT2D eigenvalue weighted by Crippen LogP contribution is -2.18. The molecular weight excluding hydrogens is 392 g/mol. The van der Waals surface area contributed by atoms with Crippen LogP contribution in [-0.4, -0.2) is 34.1 Å². The molecule has 2 N–H and O–H groups in total. The number of carbonyl (C=O) groups excluding carboxylic acids is 1. The molecule has 0 aliphatic heterocycles. The van der Waals surface area contributed by atoms with Gasteiger partial charge in [0.05, 0.1) is 24.6 Å². The number of hydrazone groups is 1. The summed E-state index contributed by atoms with van der Waals surface area (Å²) in [6, 6.07) is 23.8. The smallest absolute Gasteiger partial charge is 0.275 e. The standard InChI is InChI=1S/C24H20N4O3/c1-31-20-12-13-22(29)18(14-20)15-25-26-24(30)21-16-28(19-10-6-3-7-11-19)27-23(21)17-8-4-2-5-9-17/h2-16,29H,1H3,(H,26,30)/b25-15+. The number of ether oxygens (including phenoxy) is 1. The molecule has 31 heavy (non-hydrogen) atoms. The molecule has 0 bridgehead atoms. The van der Waals surface area contributed by atoms with Gasteiger partial charge in [0.15, 0.2) is 0 Å². The molecule has 7 nitrogen and oxygen atoms in total. The predicted molar refractivity (Wildman–Crippen MR) is 119 cm³/mol. The van der Waals surface area contributed by atoms with Gasteiger partial charge in [-0.3, -0.25) is 4.79 Å². The van der Waals surface area contributed by atoms with Crippen LogP contribution in [0.25, 0.3) is 16.9 Å². The molecule has 0 aliphatic carbocycles. The van der Waals surface area contributed by atoms with Gasteiger partial charge in [-0.15, -0.1) is 0 Å². The number of methoxy groups -OCH3 is 1. The summed E-state index contributed by atoms with van der Waals surface area (Å²) in [6.07, 6.45) is 3.03. The quantitative estimate of drug-likeness (QED) is 0.370. The second kappa shape index (κ2) is 8.96. The summed E-state index contributed by atoms with van der Waals surface area (Å²) < 4.78 is 6.81. The average Bonchev–Trinajstić information content (AvgIpc) is 3.27. The van der Waals surface area contributed by atoms with Crippen LogP contribution in [0.15, 0.2) is 90.2 Å². The molecule has 1 heterocycles. The van der Waals surface area contributed by atoms with Gasteiger partial charge in [0.25, 0.3) is 5.91 Å². The summed E-state index contributed by atoms with van der Waals surface area (Å²) in [5, 5.41) is 18.6. The van der Waals surface area contributed by atoms with Crippen molar-refractivity contribution >= 4 is 12.1 Å². The third-order valence-electron chi connectivity index (χ3n) is 4.63. The molecule has 0 unspecified atom stereocenters. The van der Waals surface area contributed by atoms with E-state index in [1.807, 2.05) is 60.7 Å². The molecule has 0 radical (unpaired) electrons. The number of nitrogens with zero attached hydrogens (tertiary/aromatic N) is 3. The van der Waals surface area contributed by atoms with Crippen molar-refractivity contribution < 1.29 is 14.6 Å². The van der Waals surface area contributed by atoms with E-state index < -0.39 is 5.91 Å². The number of carbonyl (C=O) groups is 1. The van der Waals surface area contributed by atoms with E-state index in [2.05, 4.69) is 15.6 Å². The van der Waals surface area contributed by atoms with Crippen LogP contribution in [-0.2, 0) is 0 Å². The molecule has 0 spiro atoms. The number of phenolic OH excluding ortho intramolecular Hbond substituents is 1. The SMILES string of the molecule is COc1ccc(O)c(/C=N/NC(=O)c2cn(-c3ccccc3)nc2-c2ccccc2)c1. The minimum absolute atomic E-state index is 0.0284. The van der Waals surface area contributed by atoms with E-state index in [1.165, 1.54) is 19.4 Å². The highest BCUT2D eigenvalue weighted by Gasteiger charge is 2.18. The van der Waals surface area contributed by atoms with Crippen LogP contribution >= 0.6 is 0 Å². The number of aromatic hydroxyl groups is 1. The number of rotatable bonds is 6. The maximum absolute atomic E-state index is 12.9. The van der Waals surface area contributed by atoms with Gasteiger partial charge in [-0.25, -0.2) is 10.1 Å². The molecule has 4 aromatic rings. The van der Waals surface area contributed by atoms with E-state index in [1.54, 1.807) is 23.0 Å². The van der Waals surface area contributed by atoms with Crippen LogP contribution in [0.3, 0.4) is 0 Å². The predicted octanol–water partition coefficient (Wildman–Crippen LogP) is 4.02. The maximum atomic E-state index is 12.9. The largest absolute Gasteiger partial charge is 0.507 e. The van der Waals surface area contributed by atoms with E-state index in [4.69, 9.17) is 4.74 Å². The van der Waals surface area contributed by atoms with Crippen molar-refractivity contribution in [1.29, 1.82) is 0 Å². The normalized spacial score (nSPS) is 10.9. The van der Waals surface area contributed by atoms with E-state index in [-0.39, 0.29) is 5.75 Å². The third kappa shape index (κ3) is 4.45. The van der Waals surface area contributed by atoms with E-state index in [0.29, 0.717) is 22.6 Å². The molecule has 0 fully saturated rings. The number of phenols is 1. The molecule has 3 aromatic carbocycles. The van der Waals surface area contributed by atoms with Crippen molar-refractivity contribution in [2.45, 2.75) is 0 Å². The summed E-state index contributed by atoms with van der Waals surface area (Å²) in [5.41, 5.74) is 5.50. The van der Waals surface area contributed by atoms with Crippen LogP contribution < -0.4 is 10.2 Å². The fourth-order valence-corrected chi connectivity index (χ4v) is 3.05. The highest BCUT2D eigenvalue weighted by molar-refractivity contribution is 6.00. The Hall–Kier alpha value is -4.39. The first-order valence-electron chi connectivity index (χ1n) is 9.56. The zero-order valence-corrected chi connectivity index (χ0v) is 16.8. The minimum Gasteiger partial charge on any atom is -0.507 e. The topological polar surface area (TPSA) is 88.7 Å². The fourth-order valence-electron chi connectivity index (χ4n) is 3.05. The molecule has 154 valence electrons. The van der Waals surface area contributed by atoms with Crippen molar-refractivity contribution in [3.8, 4) is 28.4 Å². The Kier molecular flexibility index (Phi) is 5.75. The number of para-hydroxylation sites is 1. The van der Waals surface area contributed by atoms with Crippen LogP contribution in [0.4, 0.5) is 0 Å². The van der Waals surface area contributed by atoms with Crippen LogP contribution in [0.5, 0.6) is 11.5 Å². The van der Waals surface area contributed by atoms with Gasteiger partial charge < -0.3 is 9.84 Å². The van der Waals surface area contributed by atoms with E-state index in [9.17, 15) is 9.90 Å². The van der Waals surface area contributed by atoms with Crippen LogP contribution in [0.1, 0.15) is 15.9 Å². The number of aromatic nitrogens is 2. The van der Waals surface area contributed by atoms with E-state index in [0.717, 1.165) is 11.3 Å². The first-order chi connectivity index (χ1) is 15.2. The van der Waals surface area contributed by atoms with Gasteiger partial charge in [0, 0.05) is 17.3 Å². The summed E-state index contributed by atoms with van der Waals surface area (Å²) >= 11 is 0. The summed E-state index contributed by atoms with van der Waals surface area (Å²) in [6.45, 7) is 0. The number of hydrogen-bond donors (Lipinski definition) is 2. The van der Waals surface area contributed by atoms with Crippen molar-refractivity contribution in [2.75, 3.05) is 7.11 Å². The molecule has 1 amide bonds. The van der Waals surface area contributed by atoms with Gasteiger partial charge in [-0.05, 0) is 30.3 Å². The zero-order valence-electron chi connectivity index (χ0n) is 16.8. The Bertz CT molecular complexity index is 1220. The van der Waals surface area contributed by atoms with Crippen LogP contribution in [0, 0.1) is 0 Å². The van der Waals surface area contributed by atoms with Gasteiger partial charge in [0.1, 0.15) is 17.2 Å². The van der Waals surface area contributed by atoms with Crippen molar-refractivity contribution in [1.82, 2.24) is 15.2 Å². The molecule has 0 saturated heterocycles. The highest BCUT2D eigenvalue weighted by Crippen LogP contribution is 2.24. The number of benzene rings is 3. The highest BCUT2D eigenvalue weighted by atomic mass is 16.5. The minimum atomic E-state index is -0.417. The molecule has 0 atom stereocenters. The third-order valence-corrected chi connectivity index (χ3v) is 4.63. The van der Waals surface area contributed by atoms with Crippen molar-refractivity contribution in [3.05, 3.63) is 96.2 Å². The molecule has 0 saturated carbocycles. The summed E-state index contributed by atoms with van der Waals surface area (Å²) in [7, 11) is 1.53. The van der Waals surface area contributed by atoms with Gasteiger partial charge in [-0.1, -0.05) is 48.5 Å². The van der Waals surface area contributed by atoms with Crippen molar-refractivity contribution in [2.24, 2.45) is 5.10 Å². The fraction of sp³-hybridized carbons (Fsp3) is 0.0417. The Balaban J connectivity index is 1.63. The number of amides is 1. The van der Waals surface area contributed by atoms with E-state index >= 15 is 0 Å². The van der Waals surface area contributed by atoms with Gasteiger partial charge in [0.2, 0.25) is 0 Å². The molecule has 1 aromatic heterocycles. The number of nitrogens with one attached hydrogen (secondary N) is 1. The Morgan fingerprint density at radius 3 is 2.48 bits per heavy atom.